The lowest BCUT2D eigenvalue weighted by atomic mass is 10.1. The molecule has 0 unspecified atom stereocenters. The number of pyridine rings is 1. The molecule has 0 amide bonds. The first-order valence-electron chi connectivity index (χ1n) is 8.79. The molecule has 0 bridgehead atoms. The fourth-order valence-corrected chi connectivity index (χ4v) is 4.47. The van der Waals surface area contributed by atoms with Crippen LogP contribution in [-0.2, 0) is 17.1 Å². The van der Waals surface area contributed by atoms with Crippen molar-refractivity contribution in [3.05, 3.63) is 52.8 Å². The minimum absolute atomic E-state index is 0.274. The number of fused-ring (bicyclic) bond motifs is 1. The minimum Gasteiger partial charge on any atom is -0.467 e. The molecule has 1 aromatic carbocycles. The molecule has 1 aliphatic carbocycles. The third-order valence-corrected chi connectivity index (χ3v) is 5.81. The Bertz CT molecular complexity index is 975. The Morgan fingerprint density at radius 3 is 3.00 bits per heavy atom. The van der Waals surface area contributed by atoms with Crippen molar-refractivity contribution in [2.45, 2.75) is 36.4 Å². The number of rotatable bonds is 5. The van der Waals surface area contributed by atoms with Crippen LogP contribution in [0.4, 0.5) is 0 Å². The molecular formula is C19H17ClN4O2S. The SMILES string of the molecule is Clc1cc2c(c(CSc3nnc(-c4cccnc4)n3C3CC3)c1)OCOC2. The second-order valence-electron chi connectivity index (χ2n) is 6.60. The van der Waals surface area contributed by atoms with Crippen molar-refractivity contribution < 1.29 is 9.47 Å². The molecule has 3 heterocycles. The molecular weight excluding hydrogens is 384 g/mol. The fraction of sp³-hybridized carbons (Fsp3) is 0.316. The molecule has 138 valence electrons. The summed E-state index contributed by atoms with van der Waals surface area (Å²) in [5, 5.41) is 10.5. The number of halogens is 1. The monoisotopic (exact) mass is 400 g/mol. The summed E-state index contributed by atoms with van der Waals surface area (Å²) in [6.07, 6.45) is 5.92. The molecule has 27 heavy (non-hydrogen) atoms. The van der Waals surface area contributed by atoms with E-state index in [2.05, 4.69) is 19.7 Å². The molecule has 1 saturated carbocycles. The lowest BCUT2D eigenvalue weighted by Crippen LogP contribution is -2.13. The van der Waals surface area contributed by atoms with Crippen LogP contribution in [0, 0.1) is 0 Å². The molecule has 0 N–H and O–H groups in total. The Morgan fingerprint density at radius 1 is 1.26 bits per heavy atom. The van der Waals surface area contributed by atoms with E-state index in [0.29, 0.717) is 23.4 Å². The molecule has 0 saturated heterocycles. The molecule has 6 nitrogen and oxygen atoms in total. The second kappa shape index (κ2) is 7.14. The van der Waals surface area contributed by atoms with Gasteiger partial charge in [0.15, 0.2) is 17.8 Å². The van der Waals surface area contributed by atoms with Crippen molar-refractivity contribution in [1.29, 1.82) is 0 Å². The molecule has 0 radical (unpaired) electrons. The highest BCUT2D eigenvalue weighted by atomic mass is 35.5. The van der Waals surface area contributed by atoms with E-state index < -0.39 is 0 Å². The molecule has 1 aliphatic heterocycles. The van der Waals surface area contributed by atoms with Crippen LogP contribution in [0.15, 0.2) is 41.8 Å². The third-order valence-electron chi connectivity index (χ3n) is 4.60. The Labute approximate surface area is 165 Å². The summed E-state index contributed by atoms with van der Waals surface area (Å²) in [5.74, 6) is 2.47. The number of hydrogen-bond donors (Lipinski definition) is 0. The highest BCUT2D eigenvalue weighted by Crippen LogP contribution is 2.42. The van der Waals surface area contributed by atoms with Crippen LogP contribution in [0.5, 0.6) is 5.75 Å². The highest BCUT2D eigenvalue weighted by molar-refractivity contribution is 7.98. The summed E-state index contributed by atoms with van der Waals surface area (Å²) >= 11 is 7.93. The van der Waals surface area contributed by atoms with Gasteiger partial charge in [0.1, 0.15) is 5.75 Å². The number of benzene rings is 1. The highest BCUT2D eigenvalue weighted by Gasteiger charge is 2.30. The van der Waals surface area contributed by atoms with Gasteiger partial charge in [0, 0.05) is 45.9 Å². The molecule has 1 fully saturated rings. The number of aromatic nitrogens is 4. The Balaban J connectivity index is 1.44. The van der Waals surface area contributed by atoms with Crippen LogP contribution < -0.4 is 4.74 Å². The third kappa shape index (κ3) is 3.42. The predicted octanol–water partition coefficient (Wildman–Crippen LogP) is 4.49. The largest absolute Gasteiger partial charge is 0.467 e. The predicted molar refractivity (Wildman–Crippen MR) is 103 cm³/mol. The molecule has 2 aliphatic rings. The molecule has 5 rings (SSSR count). The van der Waals surface area contributed by atoms with E-state index in [1.165, 1.54) is 0 Å². The van der Waals surface area contributed by atoms with E-state index >= 15 is 0 Å². The van der Waals surface area contributed by atoms with E-state index in [1.54, 1.807) is 18.0 Å². The zero-order valence-corrected chi connectivity index (χ0v) is 16.0. The maximum absolute atomic E-state index is 6.28. The summed E-state index contributed by atoms with van der Waals surface area (Å²) in [6, 6.07) is 8.27. The van der Waals surface area contributed by atoms with Crippen molar-refractivity contribution in [3.63, 3.8) is 0 Å². The zero-order chi connectivity index (χ0) is 18.2. The van der Waals surface area contributed by atoms with Gasteiger partial charge in [-0.15, -0.1) is 10.2 Å². The molecule has 3 aromatic rings. The Kier molecular flexibility index (Phi) is 4.51. The Hall–Kier alpha value is -2.09. The maximum atomic E-state index is 6.28. The summed E-state index contributed by atoms with van der Waals surface area (Å²) in [4.78, 5) is 4.21. The summed E-state index contributed by atoms with van der Waals surface area (Å²) in [6.45, 7) is 0.798. The first kappa shape index (κ1) is 17.0. The van der Waals surface area contributed by atoms with Crippen LogP contribution in [0.3, 0.4) is 0 Å². The average molecular weight is 401 g/mol. The quantitative estimate of drug-likeness (QED) is 0.588. The van der Waals surface area contributed by atoms with Gasteiger partial charge in [0.25, 0.3) is 0 Å². The van der Waals surface area contributed by atoms with Crippen molar-refractivity contribution in [3.8, 4) is 17.1 Å². The van der Waals surface area contributed by atoms with E-state index in [-0.39, 0.29) is 6.79 Å². The van der Waals surface area contributed by atoms with E-state index in [1.807, 2.05) is 30.5 Å². The van der Waals surface area contributed by atoms with Gasteiger partial charge in [-0.25, -0.2) is 0 Å². The van der Waals surface area contributed by atoms with Crippen LogP contribution in [-0.4, -0.2) is 26.5 Å². The van der Waals surface area contributed by atoms with Crippen LogP contribution >= 0.6 is 23.4 Å². The van der Waals surface area contributed by atoms with Gasteiger partial charge in [0.2, 0.25) is 0 Å². The molecule has 0 atom stereocenters. The first-order chi connectivity index (χ1) is 13.3. The average Bonchev–Trinajstić information content (AvgIpc) is 3.45. The number of thioether (sulfide) groups is 1. The van der Waals surface area contributed by atoms with Gasteiger partial charge in [-0.3, -0.25) is 9.55 Å². The maximum Gasteiger partial charge on any atom is 0.192 e. The van der Waals surface area contributed by atoms with Gasteiger partial charge in [-0.2, -0.15) is 0 Å². The van der Waals surface area contributed by atoms with Gasteiger partial charge >= 0.3 is 0 Å². The second-order valence-corrected chi connectivity index (χ2v) is 7.98. The lowest BCUT2D eigenvalue weighted by molar-refractivity contribution is -0.0168. The van der Waals surface area contributed by atoms with Crippen LogP contribution in [0.25, 0.3) is 11.4 Å². The topological polar surface area (TPSA) is 62.1 Å². The van der Waals surface area contributed by atoms with Crippen molar-refractivity contribution >= 4 is 23.4 Å². The zero-order valence-electron chi connectivity index (χ0n) is 14.5. The number of hydrogen-bond acceptors (Lipinski definition) is 6. The van der Waals surface area contributed by atoms with Gasteiger partial charge < -0.3 is 9.47 Å². The number of nitrogens with zero attached hydrogens (tertiary/aromatic N) is 4. The van der Waals surface area contributed by atoms with Crippen molar-refractivity contribution in [2.75, 3.05) is 6.79 Å². The minimum atomic E-state index is 0.274. The smallest absolute Gasteiger partial charge is 0.192 e. The van der Waals surface area contributed by atoms with Gasteiger partial charge in [-0.05, 0) is 37.1 Å². The molecule has 0 spiro atoms. The lowest BCUT2D eigenvalue weighted by Gasteiger charge is -2.21. The van der Waals surface area contributed by atoms with Gasteiger partial charge in [-0.1, -0.05) is 23.4 Å². The molecule has 8 heteroatoms. The standard InChI is InChI=1S/C19H17ClN4O2S/c20-15-6-13-9-25-11-26-17(13)14(7-15)10-27-19-23-22-18(24(19)16-3-4-16)12-2-1-5-21-8-12/h1-2,5-8,16H,3-4,9-11H2. The fourth-order valence-electron chi connectivity index (χ4n) is 3.24. The van der Waals surface area contributed by atoms with Crippen molar-refractivity contribution in [2.24, 2.45) is 0 Å². The summed E-state index contributed by atoms with van der Waals surface area (Å²) in [5.41, 5.74) is 3.03. The van der Waals surface area contributed by atoms with E-state index in [0.717, 1.165) is 46.3 Å². The normalized spacial score (nSPS) is 16.0. The van der Waals surface area contributed by atoms with Crippen LogP contribution in [0.1, 0.15) is 30.0 Å². The Morgan fingerprint density at radius 2 is 2.19 bits per heavy atom. The molecule has 2 aromatic heterocycles. The van der Waals surface area contributed by atoms with E-state index in [9.17, 15) is 0 Å². The van der Waals surface area contributed by atoms with Crippen LogP contribution in [0.2, 0.25) is 5.02 Å². The van der Waals surface area contributed by atoms with Gasteiger partial charge in [0.05, 0.1) is 6.61 Å². The summed E-state index contributed by atoms with van der Waals surface area (Å²) in [7, 11) is 0. The first-order valence-corrected chi connectivity index (χ1v) is 10.2. The summed E-state index contributed by atoms with van der Waals surface area (Å²) < 4.78 is 13.3. The number of ether oxygens (including phenoxy) is 2. The van der Waals surface area contributed by atoms with E-state index in [4.69, 9.17) is 21.1 Å². The van der Waals surface area contributed by atoms with Crippen molar-refractivity contribution in [1.82, 2.24) is 19.7 Å².